The molecule has 0 bridgehead atoms. The molecule has 1 unspecified atom stereocenters. The summed E-state index contributed by atoms with van der Waals surface area (Å²) in [6, 6.07) is 4.64. The van der Waals surface area contributed by atoms with E-state index in [1.54, 1.807) is 12.1 Å². The number of alkyl halides is 1. The molecule has 1 aromatic rings. The van der Waals surface area contributed by atoms with E-state index in [1.165, 1.54) is 13.0 Å². The van der Waals surface area contributed by atoms with Crippen LogP contribution in [0.4, 0.5) is 4.39 Å². The Morgan fingerprint density at radius 3 is 2.69 bits per heavy atom. The Morgan fingerprint density at radius 1 is 1.62 bits per heavy atom. The Balaban J connectivity index is 3.03. The van der Waals surface area contributed by atoms with Crippen LogP contribution in [0.5, 0.6) is 0 Å². The Morgan fingerprint density at radius 2 is 2.23 bits per heavy atom. The van der Waals surface area contributed by atoms with Crippen LogP contribution in [0.1, 0.15) is 17.3 Å². The van der Waals surface area contributed by atoms with E-state index < -0.39 is 0 Å². The van der Waals surface area contributed by atoms with Crippen LogP contribution in [0.2, 0.25) is 0 Å². The second kappa shape index (κ2) is 4.50. The fourth-order valence-electron chi connectivity index (χ4n) is 0.905. The van der Waals surface area contributed by atoms with Crippen molar-refractivity contribution in [2.75, 3.05) is 0 Å². The zero-order chi connectivity index (χ0) is 10.0. The Kier molecular flexibility index (Phi) is 3.85. The number of benzene rings is 1. The zero-order valence-electron chi connectivity index (χ0n) is 6.85. The quantitative estimate of drug-likeness (QED) is 0.586. The molecule has 1 nitrogen and oxygen atoms in total. The van der Waals surface area contributed by atoms with Gasteiger partial charge < -0.3 is 0 Å². The molecule has 0 aliphatic rings. The zero-order valence-corrected chi connectivity index (χ0v) is 10.6. The third kappa shape index (κ3) is 2.74. The van der Waals surface area contributed by atoms with E-state index in [9.17, 15) is 9.18 Å². The van der Waals surface area contributed by atoms with Gasteiger partial charge in [0.25, 0.3) is 0 Å². The largest absolute Gasteiger partial charge is 0.298 e. The number of carbonyl (C=O) groups is 1. The highest BCUT2D eigenvalue weighted by Gasteiger charge is 2.13. The fourth-order valence-corrected chi connectivity index (χ4v) is 1.73. The number of ketones is 1. The molecule has 0 aliphatic heterocycles. The average Bonchev–Trinajstić information content (AvgIpc) is 2.08. The van der Waals surface area contributed by atoms with Crippen LogP contribution in [0.3, 0.4) is 0 Å². The van der Waals surface area contributed by atoms with Crippen LogP contribution in [-0.4, -0.2) is 5.78 Å². The molecular formula is C9H7BrFIO. The lowest BCUT2D eigenvalue weighted by atomic mass is 10.1. The minimum absolute atomic E-state index is 0.0161. The maximum Gasteiger partial charge on any atom is 0.147 e. The molecular weight excluding hydrogens is 350 g/mol. The molecule has 4 heteroatoms. The van der Waals surface area contributed by atoms with Crippen LogP contribution in [0.25, 0.3) is 0 Å². The summed E-state index contributed by atoms with van der Waals surface area (Å²) in [7, 11) is 0. The summed E-state index contributed by atoms with van der Waals surface area (Å²) in [6.45, 7) is 1.50. The molecule has 1 atom stereocenters. The van der Waals surface area contributed by atoms with Crippen LogP contribution in [0, 0.1) is 9.39 Å². The lowest BCUT2D eigenvalue weighted by molar-refractivity contribution is -0.116. The minimum atomic E-state index is -0.332. The summed E-state index contributed by atoms with van der Waals surface area (Å²) in [4.78, 5) is 10.7. The van der Waals surface area contributed by atoms with Gasteiger partial charge in [0, 0.05) is 3.57 Å². The van der Waals surface area contributed by atoms with Crippen molar-refractivity contribution in [1.82, 2.24) is 0 Å². The van der Waals surface area contributed by atoms with Crippen LogP contribution in [0.15, 0.2) is 18.2 Å². The van der Waals surface area contributed by atoms with Crippen molar-refractivity contribution in [2.24, 2.45) is 0 Å². The summed E-state index contributed by atoms with van der Waals surface area (Å²) < 4.78 is 13.4. The molecule has 0 radical (unpaired) electrons. The minimum Gasteiger partial charge on any atom is -0.298 e. The van der Waals surface area contributed by atoms with E-state index in [-0.39, 0.29) is 16.4 Å². The van der Waals surface area contributed by atoms with E-state index in [2.05, 4.69) is 15.9 Å². The normalized spacial score (nSPS) is 12.6. The van der Waals surface area contributed by atoms with E-state index in [0.29, 0.717) is 3.57 Å². The molecule has 70 valence electrons. The molecule has 0 saturated heterocycles. The summed E-state index contributed by atoms with van der Waals surface area (Å²) in [5, 5.41) is 0. The van der Waals surface area contributed by atoms with Gasteiger partial charge in [-0.2, -0.15) is 0 Å². The first-order valence-electron chi connectivity index (χ1n) is 3.62. The lowest BCUT2D eigenvalue weighted by Gasteiger charge is -2.06. The molecule has 1 rings (SSSR count). The third-order valence-electron chi connectivity index (χ3n) is 1.59. The van der Waals surface area contributed by atoms with Gasteiger partial charge in [-0.1, -0.05) is 22.0 Å². The Labute approximate surface area is 98.0 Å². The summed E-state index contributed by atoms with van der Waals surface area (Å²) in [5.41, 5.74) is 0.790. The highest BCUT2D eigenvalue weighted by Crippen LogP contribution is 2.25. The third-order valence-corrected chi connectivity index (χ3v) is 3.59. The van der Waals surface area contributed by atoms with Crippen molar-refractivity contribution in [3.63, 3.8) is 0 Å². The molecule has 0 fully saturated rings. The summed E-state index contributed by atoms with van der Waals surface area (Å²) in [5.74, 6) is -0.241. The predicted octanol–water partition coefficient (Wildman–Crippen LogP) is 3.46. The second-order valence-corrected chi connectivity index (χ2v) is 4.72. The van der Waals surface area contributed by atoms with Gasteiger partial charge in [0.1, 0.15) is 11.6 Å². The van der Waals surface area contributed by atoms with Crippen LogP contribution >= 0.6 is 38.5 Å². The van der Waals surface area contributed by atoms with E-state index in [0.717, 1.165) is 5.56 Å². The van der Waals surface area contributed by atoms with Gasteiger partial charge in [0.2, 0.25) is 0 Å². The Bertz CT molecular complexity index is 340. The highest BCUT2D eigenvalue weighted by atomic mass is 127. The van der Waals surface area contributed by atoms with Crippen LogP contribution in [-0.2, 0) is 4.79 Å². The molecule has 0 spiro atoms. The Hall–Kier alpha value is 0.0300. The topological polar surface area (TPSA) is 17.1 Å². The molecule has 1 aromatic carbocycles. The molecule has 0 amide bonds. The van der Waals surface area contributed by atoms with Crippen molar-refractivity contribution in [3.05, 3.63) is 33.1 Å². The smallest absolute Gasteiger partial charge is 0.147 e. The first kappa shape index (κ1) is 11.1. The van der Waals surface area contributed by atoms with Gasteiger partial charge in [-0.05, 0) is 47.2 Å². The number of Topliss-reactive ketones (excluding diaryl/α,β-unsaturated/α-hetero) is 1. The van der Waals surface area contributed by atoms with Gasteiger partial charge in [0.15, 0.2) is 0 Å². The number of hydrogen-bond acceptors (Lipinski definition) is 1. The predicted molar refractivity (Wildman–Crippen MR) is 61.5 cm³/mol. The van der Waals surface area contributed by atoms with Gasteiger partial charge in [0.05, 0.1) is 4.83 Å². The van der Waals surface area contributed by atoms with Crippen molar-refractivity contribution in [1.29, 1.82) is 0 Å². The van der Waals surface area contributed by atoms with Gasteiger partial charge in [-0.3, -0.25) is 4.79 Å². The molecule has 0 aliphatic carbocycles. The van der Waals surface area contributed by atoms with Crippen LogP contribution < -0.4 is 0 Å². The summed E-state index contributed by atoms with van der Waals surface area (Å²) >= 11 is 5.13. The standard InChI is InChI=1S/C9H7BrFIO/c1-5(13)9(10)6-2-3-7(11)8(12)4-6/h2-4,9H,1H3. The van der Waals surface area contributed by atoms with E-state index >= 15 is 0 Å². The molecule has 0 aromatic heterocycles. The first-order valence-corrected chi connectivity index (χ1v) is 5.61. The van der Waals surface area contributed by atoms with Crippen molar-refractivity contribution in [3.8, 4) is 0 Å². The highest BCUT2D eigenvalue weighted by molar-refractivity contribution is 14.1. The van der Waals surface area contributed by atoms with E-state index in [1.807, 2.05) is 22.6 Å². The monoisotopic (exact) mass is 356 g/mol. The number of hydrogen-bond donors (Lipinski definition) is 0. The van der Waals surface area contributed by atoms with Crippen molar-refractivity contribution < 1.29 is 9.18 Å². The number of rotatable bonds is 2. The molecule has 13 heavy (non-hydrogen) atoms. The fraction of sp³-hybridized carbons (Fsp3) is 0.222. The van der Waals surface area contributed by atoms with Gasteiger partial charge in [-0.25, -0.2) is 4.39 Å². The SMILES string of the molecule is CC(=O)C(Br)c1ccc(F)c(I)c1. The average molecular weight is 357 g/mol. The number of halogens is 3. The molecule has 0 N–H and O–H groups in total. The molecule has 0 heterocycles. The maximum atomic E-state index is 12.9. The summed E-state index contributed by atoms with van der Waals surface area (Å²) in [6.07, 6.45) is 0. The maximum absolute atomic E-state index is 12.9. The van der Waals surface area contributed by atoms with Crippen molar-refractivity contribution in [2.45, 2.75) is 11.8 Å². The first-order chi connectivity index (χ1) is 6.02. The van der Waals surface area contributed by atoms with Crippen molar-refractivity contribution >= 4 is 44.3 Å². The lowest BCUT2D eigenvalue weighted by Crippen LogP contribution is -2.01. The van der Waals surface area contributed by atoms with E-state index in [4.69, 9.17) is 0 Å². The molecule has 0 saturated carbocycles. The van der Waals surface area contributed by atoms with Gasteiger partial charge in [-0.15, -0.1) is 0 Å². The second-order valence-electron chi connectivity index (χ2n) is 2.65. The number of carbonyl (C=O) groups excluding carboxylic acids is 1. The van der Waals surface area contributed by atoms with Gasteiger partial charge >= 0.3 is 0 Å².